The Morgan fingerprint density at radius 2 is 2.25 bits per heavy atom. The van der Waals surface area contributed by atoms with Gasteiger partial charge in [-0.2, -0.15) is 0 Å². The Morgan fingerprint density at radius 1 is 1.40 bits per heavy atom. The predicted octanol–water partition coefficient (Wildman–Crippen LogP) is 3.34. The van der Waals surface area contributed by atoms with Gasteiger partial charge in [0.1, 0.15) is 5.82 Å². The van der Waals surface area contributed by atoms with E-state index in [0.29, 0.717) is 18.5 Å². The average Bonchev–Trinajstić information content (AvgIpc) is 2.83. The summed E-state index contributed by atoms with van der Waals surface area (Å²) in [5.74, 6) is 1.33. The lowest BCUT2D eigenvalue weighted by molar-refractivity contribution is 0.243. The first-order chi connectivity index (χ1) is 9.69. The van der Waals surface area contributed by atoms with Crippen molar-refractivity contribution in [3.63, 3.8) is 0 Å². The molecule has 1 aromatic carbocycles. The number of rotatable bonds is 3. The second-order valence-electron chi connectivity index (χ2n) is 6.55. The fourth-order valence-corrected chi connectivity index (χ4v) is 4.13. The first-order valence-electron chi connectivity index (χ1n) is 7.94. The first kappa shape index (κ1) is 13.9. The zero-order chi connectivity index (χ0) is 14.1. The molecule has 2 N–H and O–H groups in total. The van der Waals surface area contributed by atoms with E-state index in [4.69, 9.17) is 5.73 Å². The van der Waals surface area contributed by atoms with Crippen LogP contribution in [0.5, 0.6) is 0 Å². The van der Waals surface area contributed by atoms with Gasteiger partial charge in [0.25, 0.3) is 0 Å². The monoisotopic (exact) mass is 276 g/mol. The van der Waals surface area contributed by atoms with E-state index in [9.17, 15) is 4.39 Å². The minimum atomic E-state index is -0.136. The molecule has 3 rings (SSSR count). The number of nitrogens with zero attached hydrogens (tertiary/aromatic N) is 1. The Morgan fingerprint density at radius 3 is 3.00 bits per heavy atom. The molecule has 3 atom stereocenters. The van der Waals surface area contributed by atoms with Gasteiger partial charge in [-0.25, -0.2) is 4.39 Å². The van der Waals surface area contributed by atoms with Gasteiger partial charge >= 0.3 is 0 Å². The first-order valence-corrected chi connectivity index (χ1v) is 7.94. The highest BCUT2D eigenvalue weighted by Gasteiger charge is 2.33. The minimum Gasteiger partial charge on any atom is -0.366 e. The Hall–Kier alpha value is -1.09. The average molecular weight is 276 g/mol. The number of hydrogen-bond acceptors (Lipinski definition) is 2. The third-order valence-electron chi connectivity index (χ3n) is 5.14. The second kappa shape index (κ2) is 5.72. The van der Waals surface area contributed by atoms with Gasteiger partial charge in [-0.3, -0.25) is 0 Å². The lowest BCUT2D eigenvalue weighted by Gasteiger charge is -2.39. The van der Waals surface area contributed by atoms with Crippen LogP contribution in [0.1, 0.15) is 38.2 Å². The molecule has 3 unspecified atom stereocenters. The fraction of sp³-hybridized carbons (Fsp3) is 0.647. The van der Waals surface area contributed by atoms with Gasteiger partial charge in [0.05, 0.1) is 0 Å². The smallest absolute Gasteiger partial charge is 0.125 e. The molecular weight excluding hydrogens is 251 g/mol. The van der Waals surface area contributed by atoms with Crippen LogP contribution in [-0.2, 0) is 6.42 Å². The fourth-order valence-electron chi connectivity index (χ4n) is 4.13. The summed E-state index contributed by atoms with van der Waals surface area (Å²) >= 11 is 0. The van der Waals surface area contributed by atoms with Crippen molar-refractivity contribution in [3.05, 3.63) is 29.6 Å². The molecule has 2 nitrogen and oxygen atoms in total. The highest BCUT2D eigenvalue weighted by atomic mass is 19.1. The van der Waals surface area contributed by atoms with Crippen LogP contribution in [0.4, 0.5) is 10.1 Å². The van der Waals surface area contributed by atoms with Crippen molar-refractivity contribution in [3.8, 4) is 0 Å². The molecular formula is C17H25FN2. The zero-order valence-corrected chi connectivity index (χ0v) is 12.3. The summed E-state index contributed by atoms with van der Waals surface area (Å²) in [6.07, 6.45) is 6.22. The number of fused-ring (bicyclic) bond motifs is 1. The molecule has 1 heterocycles. The quantitative estimate of drug-likeness (QED) is 0.917. The van der Waals surface area contributed by atoms with Crippen LogP contribution in [0.25, 0.3) is 0 Å². The molecule has 2 aliphatic rings. The van der Waals surface area contributed by atoms with Gasteiger partial charge in [-0.1, -0.05) is 25.8 Å². The summed E-state index contributed by atoms with van der Waals surface area (Å²) < 4.78 is 13.5. The summed E-state index contributed by atoms with van der Waals surface area (Å²) in [5, 5.41) is 0. The molecule has 0 amide bonds. The normalized spacial score (nSPS) is 27.4. The topological polar surface area (TPSA) is 29.3 Å². The van der Waals surface area contributed by atoms with Gasteiger partial charge in [0.2, 0.25) is 0 Å². The van der Waals surface area contributed by atoms with Gasteiger partial charge in [-0.15, -0.1) is 0 Å². The van der Waals surface area contributed by atoms with Crippen molar-refractivity contribution in [1.82, 2.24) is 0 Å². The molecule has 1 fully saturated rings. The van der Waals surface area contributed by atoms with E-state index in [1.165, 1.54) is 31.2 Å². The molecule has 110 valence electrons. The van der Waals surface area contributed by atoms with Crippen LogP contribution >= 0.6 is 0 Å². The molecule has 1 aliphatic carbocycles. The highest BCUT2D eigenvalue weighted by Crippen LogP contribution is 2.37. The Balaban J connectivity index is 1.83. The zero-order valence-electron chi connectivity index (χ0n) is 12.3. The van der Waals surface area contributed by atoms with Crippen molar-refractivity contribution >= 4 is 5.69 Å². The van der Waals surface area contributed by atoms with Crippen molar-refractivity contribution in [1.29, 1.82) is 0 Å². The van der Waals surface area contributed by atoms with Crippen LogP contribution in [0.2, 0.25) is 0 Å². The third-order valence-corrected chi connectivity index (χ3v) is 5.14. The minimum absolute atomic E-state index is 0.136. The third kappa shape index (κ3) is 2.56. The van der Waals surface area contributed by atoms with Crippen molar-refractivity contribution in [2.75, 3.05) is 18.0 Å². The van der Waals surface area contributed by atoms with Crippen LogP contribution < -0.4 is 10.6 Å². The summed E-state index contributed by atoms with van der Waals surface area (Å²) in [6.45, 7) is 4.01. The Bertz CT molecular complexity index is 474. The highest BCUT2D eigenvalue weighted by molar-refractivity contribution is 5.59. The number of nitrogens with two attached hydrogens (primary N) is 1. The standard InChI is InChI=1S/C17H25FN2/c1-12-3-2-4-14(9-12)17(11-19)20-8-7-13-5-6-15(18)10-16(13)20/h5-6,10,12,14,17H,2-4,7-9,11,19H2,1H3. The molecule has 1 saturated carbocycles. The van der Waals surface area contributed by atoms with E-state index in [1.807, 2.05) is 6.07 Å². The molecule has 0 spiro atoms. The SMILES string of the molecule is CC1CCCC(C(CN)N2CCc3ccc(F)cc32)C1. The van der Waals surface area contributed by atoms with E-state index in [2.05, 4.69) is 11.8 Å². The van der Waals surface area contributed by atoms with Crippen LogP contribution in [0.3, 0.4) is 0 Å². The van der Waals surface area contributed by atoms with Crippen molar-refractivity contribution in [2.45, 2.75) is 45.1 Å². The number of hydrogen-bond donors (Lipinski definition) is 1. The van der Waals surface area contributed by atoms with Gasteiger partial charge in [0.15, 0.2) is 0 Å². The predicted molar refractivity (Wildman–Crippen MR) is 81.4 cm³/mol. The van der Waals surface area contributed by atoms with E-state index in [0.717, 1.165) is 24.6 Å². The molecule has 20 heavy (non-hydrogen) atoms. The number of anilines is 1. The van der Waals surface area contributed by atoms with Crippen molar-refractivity contribution in [2.24, 2.45) is 17.6 Å². The van der Waals surface area contributed by atoms with Gasteiger partial charge in [0, 0.05) is 24.8 Å². The van der Waals surface area contributed by atoms with Crippen molar-refractivity contribution < 1.29 is 4.39 Å². The van der Waals surface area contributed by atoms with E-state index < -0.39 is 0 Å². The number of halogens is 1. The maximum atomic E-state index is 13.5. The Labute approximate surface area is 121 Å². The molecule has 1 aliphatic heterocycles. The number of benzene rings is 1. The second-order valence-corrected chi connectivity index (χ2v) is 6.55. The summed E-state index contributed by atoms with van der Waals surface area (Å²) in [5.41, 5.74) is 8.44. The van der Waals surface area contributed by atoms with Crippen LogP contribution in [0, 0.1) is 17.7 Å². The largest absolute Gasteiger partial charge is 0.366 e. The Kier molecular flexibility index (Phi) is 3.97. The lowest BCUT2D eigenvalue weighted by Crippen LogP contribution is -2.46. The molecule has 3 heteroatoms. The van der Waals surface area contributed by atoms with E-state index >= 15 is 0 Å². The molecule has 1 aromatic rings. The van der Waals surface area contributed by atoms with Crippen LogP contribution in [-0.4, -0.2) is 19.1 Å². The van der Waals surface area contributed by atoms with Gasteiger partial charge < -0.3 is 10.6 Å². The molecule has 0 radical (unpaired) electrons. The molecule has 0 aromatic heterocycles. The maximum Gasteiger partial charge on any atom is 0.125 e. The molecule has 0 saturated heterocycles. The summed E-state index contributed by atoms with van der Waals surface area (Å²) in [4.78, 5) is 2.38. The van der Waals surface area contributed by atoms with E-state index in [1.54, 1.807) is 12.1 Å². The summed E-state index contributed by atoms with van der Waals surface area (Å²) in [6, 6.07) is 5.57. The van der Waals surface area contributed by atoms with E-state index in [-0.39, 0.29) is 5.82 Å². The van der Waals surface area contributed by atoms with Crippen LogP contribution in [0.15, 0.2) is 18.2 Å². The lowest BCUT2D eigenvalue weighted by atomic mass is 9.78. The van der Waals surface area contributed by atoms with Gasteiger partial charge in [-0.05, 0) is 48.8 Å². The maximum absolute atomic E-state index is 13.5. The molecule has 0 bridgehead atoms. The summed E-state index contributed by atoms with van der Waals surface area (Å²) in [7, 11) is 0.